The normalized spacial score (nSPS) is 30.0. The van der Waals surface area contributed by atoms with Gasteiger partial charge in [0, 0.05) is 11.1 Å². The van der Waals surface area contributed by atoms with Crippen molar-refractivity contribution in [2.75, 3.05) is 0 Å². The summed E-state index contributed by atoms with van der Waals surface area (Å²) in [5.41, 5.74) is 1.29. The summed E-state index contributed by atoms with van der Waals surface area (Å²) < 4.78 is 0. The predicted molar refractivity (Wildman–Crippen MR) is 110 cm³/mol. The van der Waals surface area contributed by atoms with Crippen LogP contribution in [0.4, 0.5) is 0 Å². The quantitative estimate of drug-likeness (QED) is 0.846. The molecule has 4 rings (SSSR count). The van der Waals surface area contributed by atoms with Crippen LogP contribution in [-0.2, 0) is 0 Å². The Morgan fingerprint density at radius 1 is 0.821 bits per heavy atom. The molecule has 0 saturated heterocycles. The van der Waals surface area contributed by atoms with Crippen LogP contribution in [0.2, 0.25) is 0 Å². The maximum Gasteiger partial charge on any atom is 0.251 e. The first kappa shape index (κ1) is 18.7. The number of nitrogens with one attached hydrogen (secondary N) is 2. The summed E-state index contributed by atoms with van der Waals surface area (Å²) in [6.07, 6.45) is 2.13. The molecular weight excluding hydrogens is 348 g/mol. The third-order valence-electron chi connectivity index (χ3n) is 7.51. The lowest BCUT2D eigenvalue weighted by Gasteiger charge is -2.40. The molecule has 4 atom stereocenters. The zero-order valence-corrected chi connectivity index (χ0v) is 16.7. The predicted octanol–water partition coefficient (Wildman–Crippen LogP) is 4.04. The summed E-state index contributed by atoms with van der Waals surface area (Å²) in [5, 5.41) is 6.54. The second-order valence-electron chi connectivity index (χ2n) is 8.97. The van der Waals surface area contributed by atoms with Crippen LogP contribution in [0.5, 0.6) is 0 Å². The maximum atomic E-state index is 12.9. The number of fused-ring (bicyclic) bond motifs is 2. The lowest BCUT2D eigenvalue weighted by atomic mass is 9.69. The minimum Gasteiger partial charge on any atom is -0.347 e. The third kappa shape index (κ3) is 2.83. The molecule has 2 aliphatic carbocycles. The van der Waals surface area contributed by atoms with Gasteiger partial charge in [0.1, 0.15) is 0 Å². The monoisotopic (exact) mass is 376 g/mol. The fourth-order valence-corrected chi connectivity index (χ4v) is 5.45. The average Bonchev–Trinajstić information content (AvgIpc) is 3.02. The topological polar surface area (TPSA) is 58.2 Å². The Morgan fingerprint density at radius 3 is 1.86 bits per heavy atom. The van der Waals surface area contributed by atoms with E-state index in [4.69, 9.17) is 0 Å². The molecular formula is C24H28N2O2. The molecule has 2 aromatic rings. The van der Waals surface area contributed by atoms with Gasteiger partial charge >= 0.3 is 0 Å². The number of rotatable bonds is 4. The second-order valence-corrected chi connectivity index (χ2v) is 8.97. The van der Waals surface area contributed by atoms with E-state index in [9.17, 15) is 9.59 Å². The van der Waals surface area contributed by atoms with Crippen molar-refractivity contribution in [2.24, 2.45) is 16.7 Å². The highest BCUT2D eigenvalue weighted by atomic mass is 16.2. The first-order valence-corrected chi connectivity index (χ1v) is 10.1. The van der Waals surface area contributed by atoms with E-state index in [2.05, 4.69) is 31.4 Å². The number of carbonyl (C=O) groups excluding carboxylic acids is 2. The molecule has 146 valence electrons. The minimum absolute atomic E-state index is 0.0380. The minimum atomic E-state index is -0.0957. The molecule has 2 aliphatic rings. The molecule has 2 saturated carbocycles. The Bertz CT molecular complexity index is 878. The number of hydrogen-bond acceptors (Lipinski definition) is 2. The molecule has 28 heavy (non-hydrogen) atoms. The first-order valence-electron chi connectivity index (χ1n) is 10.1. The molecule has 0 aromatic heterocycles. The highest BCUT2D eigenvalue weighted by Gasteiger charge is 2.66. The van der Waals surface area contributed by atoms with Crippen molar-refractivity contribution in [1.82, 2.24) is 10.6 Å². The van der Waals surface area contributed by atoms with Crippen molar-refractivity contribution in [3.63, 3.8) is 0 Å². The van der Waals surface area contributed by atoms with Gasteiger partial charge in [0.25, 0.3) is 11.8 Å². The Kier molecular flexibility index (Phi) is 4.53. The highest BCUT2D eigenvalue weighted by Crippen LogP contribution is 2.65. The van der Waals surface area contributed by atoms with Gasteiger partial charge in [0.2, 0.25) is 0 Å². The lowest BCUT2D eigenvalue weighted by Crippen LogP contribution is -2.57. The molecule has 4 heteroatoms. The summed E-state index contributed by atoms with van der Waals surface area (Å²) in [6.45, 7) is 6.82. The van der Waals surface area contributed by atoms with Crippen LogP contribution in [-0.4, -0.2) is 23.9 Å². The van der Waals surface area contributed by atoms with Crippen LogP contribution in [0.3, 0.4) is 0 Å². The van der Waals surface area contributed by atoms with Gasteiger partial charge in [-0.15, -0.1) is 0 Å². The number of benzene rings is 2. The summed E-state index contributed by atoms with van der Waals surface area (Å²) >= 11 is 0. The van der Waals surface area contributed by atoms with Crippen molar-refractivity contribution < 1.29 is 9.59 Å². The van der Waals surface area contributed by atoms with E-state index in [1.54, 1.807) is 0 Å². The van der Waals surface area contributed by atoms with Crippen LogP contribution in [0, 0.1) is 16.7 Å². The summed E-state index contributed by atoms with van der Waals surface area (Å²) in [7, 11) is 0. The van der Waals surface area contributed by atoms with E-state index in [0.717, 1.165) is 12.8 Å². The molecule has 0 heterocycles. The molecule has 2 bridgehead atoms. The van der Waals surface area contributed by atoms with E-state index < -0.39 is 0 Å². The van der Waals surface area contributed by atoms with E-state index in [-0.39, 0.29) is 34.7 Å². The molecule has 2 fully saturated rings. The second kappa shape index (κ2) is 6.77. The van der Waals surface area contributed by atoms with E-state index in [1.807, 2.05) is 60.7 Å². The summed E-state index contributed by atoms with van der Waals surface area (Å²) in [6, 6.07) is 18.4. The zero-order valence-electron chi connectivity index (χ0n) is 16.7. The van der Waals surface area contributed by atoms with Crippen molar-refractivity contribution in [3.8, 4) is 0 Å². The zero-order chi connectivity index (χ0) is 19.9. The third-order valence-corrected chi connectivity index (χ3v) is 7.51. The number of amides is 2. The van der Waals surface area contributed by atoms with E-state index in [1.165, 1.54) is 0 Å². The SMILES string of the molecule is CC1(C)[C@H]2CC[C@@]1(C)[C@H](NC(=O)c1ccccc1)[C@@H]2NC(=O)c1ccccc1. The Labute approximate surface area is 166 Å². The van der Waals surface area contributed by atoms with Gasteiger partial charge in [0.15, 0.2) is 0 Å². The molecule has 2 amide bonds. The molecule has 2 N–H and O–H groups in total. The van der Waals surface area contributed by atoms with Crippen molar-refractivity contribution in [1.29, 1.82) is 0 Å². The van der Waals surface area contributed by atoms with Crippen LogP contribution in [0.1, 0.15) is 54.3 Å². The van der Waals surface area contributed by atoms with Crippen molar-refractivity contribution in [3.05, 3.63) is 71.8 Å². The standard InChI is InChI=1S/C24H28N2O2/c1-23(2)18-14-15-24(23,3)20(26-22(28)17-12-8-5-9-13-17)19(18)25-21(27)16-10-6-4-7-11-16/h4-13,18-20H,14-15H2,1-3H3,(H,25,27)(H,26,28)/t18-,19+,20+,24-/m0/s1. The molecule has 0 radical (unpaired) electrons. The average molecular weight is 377 g/mol. The van der Waals surface area contributed by atoms with Gasteiger partial charge in [-0.2, -0.15) is 0 Å². The Morgan fingerprint density at radius 2 is 1.32 bits per heavy atom. The number of carbonyl (C=O) groups is 2. The largest absolute Gasteiger partial charge is 0.347 e. The van der Waals surface area contributed by atoms with Crippen LogP contribution >= 0.6 is 0 Å². The molecule has 0 spiro atoms. The van der Waals surface area contributed by atoms with E-state index in [0.29, 0.717) is 17.0 Å². The Balaban J connectivity index is 1.62. The van der Waals surface area contributed by atoms with Gasteiger partial charge in [-0.05, 0) is 53.9 Å². The fourth-order valence-electron chi connectivity index (χ4n) is 5.45. The highest BCUT2D eigenvalue weighted by molar-refractivity contribution is 5.95. The van der Waals surface area contributed by atoms with E-state index >= 15 is 0 Å². The van der Waals surface area contributed by atoms with Crippen LogP contribution in [0.25, 0.3) is 0 Å². The molecule has 0 aliphatic heterocycles. The molecule has 2 aromatic carbocycles. The lowest BCUT2D eigenvalue weighted by molar-refractivity contribution is 0.0781. The van der Waals surface area contributed by atoms with Gasteiger partial charge in [-0.3, -0.25) is 9.59 Å². The summed E-state index contributed by atoms with van der Waals surface area (Å²) in [4.78, 5) is 25.8. The maximum absolute atomic E-state index is 12.9. The summed E-state index contributed by atoms with van der Waals surface area (Å²) in [5.74, 6) is 0.192. The van der Waals surface area contributed by atoms with Crippen molar-refractivity contribution in [2.45, 2.75) is 45.7 Å². The van der Waals surface area contributed by atoms with Crippen molar-refractivity contribution >= 4 is 11.8 Å². The smallest absolute Gasteiger partial charge is 0.251 e. The van der Waals surface area contributed by atoms with Gasteiger partial charge in [0.05, 0.1) is 12.1 Å². The number of hydrogen-bond donors (Lipinski definition) is 2. The van der Waals surface area contributed by atoms with Crippen LogP contribution in [0.15, 0.2) is 60.7 Å². The molecule has 0 unspecified atom stereocenters. The van der Waals surface area contributed by atoms with Crippen LogP contribution < -0.4 is 10.6 Å². The Hall–Kier alpha value is -2.62. The van der Waals surface area contributed by atoms with Gasteiger partial charge in [-0.1, -0.05) is 57.2 Å². The molecule has 4 nitrogen and oxygen atoms in total. The van der Waals surface area contributed by atoms with Gasteiger partial charge < -0.3 is 10.6 Å². The first-order chi connectivity index (χ1) is 13.3. The van der Waals surface area contributed by atoms with Gasteiger partial charge in [-0.25, -0.2) is 0 Å². The fraction of sp³-hybridized carbons (Fsp3) is 0.417.